The molecule has 0 aromatic carbocycles. The topological polar surface area (TPSA) is 47.6 Å². The van der Waals surface area contributed by atoms with Gasteiger partial charge in [0.2, 0.25) is 0 Å². The molecule has 4 nitrogen and oxygen atoms in total. The Hall–Kier alpha value is -0.450. The molecule has 2 fully saturated rings. The van der Waals surface area contributed by atoms with E-state index >= 15 is 0 Å². The maximum absolute atomic E-state index is 12.4. The molecule has 0 saturated carbocycles. The van der Waals surface area contributed by atoms with Crippen LogP contribution in [0.4, 0.5) is 0 Å². The van der Waals surface area contributed by atoms with Crippen LogP contribution in [0.15, 0.2) is 0 Å². The Morgan fingerprint density at radius 1 is 1.24 bits per heavy atom. The molecule has 2 aliphatic heterocycles. The Bertz CT molecular complexity index is 251. The number of ketones is 1. The first-order chi connectivity index (χ1) is 8.33. The van der Waals surface area contributed by atoms with Crippen LogP contribution in [-0.2, 0) is 14.3 Å². The standard InChI is InChI=1S/C13H23NO3/c1-2-5-14-12-9-17-8-11(12)13(15)10-3-6-16-7-4-10/h10-12,14H,2-9H2,1H3. The van der Waals surface area contributed by atoms with Crippen LogP contribution in [0.2, 0.25) is 0 Å². The number of hydrogen-bond acceptors (Lipinski definition) is 4. The monoisotopic (exact) mass is 241 g/mol. The molecule has 0 aromatic rings. The van der Waals surface area contributed by atoms with Crippen molar-refractivity contribution in [3.05, 3.63) is 0 Å². The van der Waals surface area contributed by atoms with Gasteiger partial charge in [-0.2, -0.15) is 0 Å². The van der Waals surface area contributed by atoms with Gasteiger partial charge in [-0.25, -0.2) is 0 Å². The maximum Gasteiger partial charge on any atom is 0.143 e. The third kappa shape index (κ3) is 3.27. The van der Waals surface area contributed by atoms with Crippen LogP contribution >= 0.6 is 0 Å². The zero-order valence-corrected chi connectivity index (χ0v) is 10.6. The predicted octanol–water partition coefficient (Wildman–Crippen LogP) is 0.997. The van der Waals surface area contributed by atoms with E-state index in [4.69, 9.17) is 9.47 Å². The highest BCUT2D eigenvalue weighted by Gasteiger charge is 2.37. The first-order valence-electron chi connectivity index (χ1n) is 6.75. The molecule has 2 atom stereocenters. The molecule has 0 bridgehead atoms. The van der Waals surface area contributed by atoms with Crippen LogP contribution in [0.25, 0.3) is 0 Å². The third-order valence-electron chi connectivity index (χ3n) is 3.73. The lowest BCUT2D eigenvalue weighted by Gasteiger charge is -2.26. The van der Waals surface area contributed by atoms with Gasteiger partial charge in [0.25, 0.3) is 0 Å². The second-order valence-corrected chi connectivity index (χ2v) is 4.99. The second kappa shape index (κ2) is 6.47. The summed E-state index contributed by atoms with van der Waals surface area (Å²) in [5.41, 5.74) is 0. The Kier molecular flexibility index (Phi) is 4.95. The van der Waals surface area contributed by atoms with Gasteiger partial charge in [0.05, 0.1) is 19.1 Å². The Balaban J connectivity index is 1.88. The van der Waals surface area contributed by atoms with Gasteiger partial charge in [0, 0.05) is 25.2 Å². The molecule has 1 N–H and O–H groups in total. The van der Waals surface area contributed by atoms with Crippen molar-refractivity contribution in [2.45, 2.75) is 32.2 Å². The summed E-state index contributed by atoms with van der Waals surface area (Å²) >= 11 is 0. The Morgan fingerprint density at radius 2 is 2.00 bits per heavy atom. The van der Waals surface area contributed by atoms with Gasteiger partial charge < -0.3 is 14.8 Å². The van der Waals surface area contributed by atoms with Crippen molar-refractivity contribution in [2.24, 2.45) is 11.8 Å². The lowest BCUT2D eigenvalue weighted by molar-refractivity contribution is -0.130. The first kappa shape index (κ1) is 13.0. The fourth-order valence-electron chi connectivity index (χ4n) is 2.65. The molecule has 0 amide bonds. The average Bonchev–Trinajstić information content (AvgIpc) is 2.84. The zero-order chi connectivity index (χ0) is 12.1. The van der Waals surface area contributed by atoms with E-state index in [-0.39, 0.29) is 17.9 Å². The summed E-state index contributed by atoms with van der Waals surface area (Å²) in [5.74, 6) is 0.644. The number of nitrogens with one attached hydrogen (secondary N) is 1. The van der Waals surface area contributed by atoms with E-state index in [1.54, 1.807) is 0 Å². The quantitative estimate of drug-likeness (QED) is 0.780. The summed E-state index contributed by atoms with van der Waals surface area (Å²) in [7, 11) is 0. The van der Waals surface area contributed by atoms with Gasteiger partial charge in [-0.1, -0.05) is 6.92 Å². The molecule has 0 spiro atoms. The molecule has 2 saturated heterocycles. The highest BCUT2D eigenvalue weighted by atomic mass is 16.5. The summed E-state index contributed by atoms with van der Waals surface area (Å²) < 4.78 is 10.8. The van der Waals surface area contributed by atoms with Gasteiger partial charge in [-0.05, 0) is 25.8 Å². The molecule has 0 aromatic heterocycles. The third-order valence-corrected chi connectivity index (χ3v) is 3.73. The molecule has 0 aliphatic carbocycles. The summed E-state index contributed by atoms with van der Waals surface area (Å²) in [6.07, 6.45) is 2.86. The summed E-state index contributed by atoms with van der Waals surface area (Å²) in [6, 6.07) is 0.227. The van der Waals surface area contributed by atoms with E-state index in [9.17, 15) is 4.79 Å². The average molecular weight is 241 g/mol. The van der Waals surface area contributed by atoms with E-state index in [1.807, 2.05) is 0 Å². The fraction of sp³-hybridized carbons (Fsp3) is 0.923. The minimum atomic E-state index is 0.0599. The fourth-order valence-corrected chi connectivity index (χ4v) is 2.65. The maximum atomic E-state index is 12.4. The van der Waals surface area contributed by atoms with Crippen molar-refractivity contribution in [3.63, 3.8) is 0 Å². The Labute approximate surface area is 103 Å². The molecular formula is C13H23NO3. The van der Waals surface area contributed by atoms with Gasteiger partial charge in [-0.15, -0.1) is 0 Å². The first-order valence-corrected chi connectivity index (χ1v) is 6.75. The lowest BCUT2D eigenvalue weighted by Crippen LogP contribution is -2.42. The van der Waals surface area contributed by atoms with E-state index in [0.717, 1.165) is 39.0 Å². The van der Waals surface area contributed by atoms with Crippen molar-refractivity contribution in [1.29, 1.82) is 0 Å². The SMILES string of the molecule is CCCNC1COCC1C(=O)C1CCOCC1. The van der Waals surface area contributed by atoms with Crippen LogP contribution in [-0.4, -0.2) is 44.8 Å². The number of rotatable bonds is 5. The van der Waals surface area contributed by atoms with Crippen LogP contribution in [0.5, 0.6) is 0 Å². The normalized spacial score (nSPS) is 30.6. The minimum Gasteiger partial charge on any atom is -0.381 e. The van der Waals surface area contributed by atoms with Crippen molar-refractivity contribution in [2.75, 3.05) is 33.0 Å². The molecular weight excluding hydrogens is 218 g/mol. The minimum absolute atomic E-state index is 0.0599. The van der Waals surface area contributed by atoms with E-state index in [0.29, 0.717) is 19.0 Å². The highest BCUT2D eigenvalue weighted by molar-refractivity contribution is 5.84. The largest absolute Gasteiger partial charge is 0.381 e. The van der Waals surface area contributed by atoms with E-state index < -0.39 is 0 Å². The van der Waals surface area contributed by atoms with Crippen LogP contribution in [0.1, 0.15) is 26.2 Å². The number of hydrogen-bond donors (Lipinski definition) is 1. The van der Waals surface area contributed by atoms with Gasteiger partial charge >= 0.3 is 0 Å². The molecule has 2 aliphatic rings. The Morgan fingerprint density at radius 3 is 2.71 bits per heavy atom. The molecule has 2 rings (SSSR count). The summed E-state index contributed by atoms with van der Waals surface area (Å²) in [6.45, 7) is 5.84. The molecule has 4 heteroatoms. The number of carbonyl (C=O) groups is 1. The van der Waals surface area contributed by atoms with Gasteiger partial charge in [0.1, 0.15) is 5.78 Å². The summed E-state index contributed by atoms with van der Waals surface area (Å²) in [5, 5.41) is 3.42. The molecule has 17 heavy (non-hydrogen) atoms. The highest BCUT2D eigenvalue weighted by Crippen LogP contribution is 2.24. The molecule has 2 unspecified atom stereocenters. The summed E-state index contributed by atoms with van der Waals surface area (Å²) in [4.78, 5) is 12.4. The van der Waals surface area contributed by atoms with Crippen molar-refractivity contribution < 1.29 is 14.3 Å². The van der Waals surface area contributed by atoms with Crippen molar-refractivity contribution in [1.82, 2.24) is 5.32 Å². The lowest BCUT2D eigenvalue weighted by atomic mass is 9.85. The van der Waals surface area contributed by atoms with Crippen LogP contribution in [0.3, 0.4) is 0 Å². The number of carbonyl (C=O) groups excluding carboxylic acids is 1. The van der Waals surface area contributed by atoms with Crippen LogP contribution < -0.4 is 5.32 Å². The molecule has 0 radical (unpaired) electrons. The van der Waals surface area contributed by atoms with Crippen molar-refractivity contribution >= 4 is 5.78 Å². The van der Waals surface area contributed by atoms with E-state index in [2.05, 4.69) is 12.2 Å². The van der Waals surface area contributed by atoms with Gasteiger partial charge in [0.15, 0.2) is 0 Å². The molecule has 2 heterocycles. The zero-order valence-electron chi connectivity index (χ0n) is 10.6. The van der Waals surface area contributed by atoms with Gasteiger partial charge in [-0.3, -0.25) is 4.79 Å². The number of Topliss-reactive ketones (excluding diaryl/α,β-unsaturated/α-hetero) is 1. The molecule has 98 valence electrons. The van der Waals surface area contributed by atoms with Crippen molar-refractivity contribution in [3.8, 4) is 0 Å². The predicted molar refractivity (Wildman–Crippen MR) is 64.9 cm³/mol. The second-order valence-electron chi connectivity index (χ2n) is 4.99. The van der Waals surface area contributed by atoms with E-state index in [1.165, 1.54) is 0 Å². The number of ether oxygens (including phenoxy) is 2. The van der Waals surface area contributed by atoms with Crippen LogP contribution in [0, 0.1) is 11.8 Å². The smallest absolute Gasteiger partial charge is 0.143 e.